The first-order valence-electron chi connectivity index (χ1n) is 10.3. The molecule has 3 aromatic heterocycles. The number of anilines is 3. The van der Waals surface area contributed by atoms with Crippen LogP contribution in [0.25, 0.3) is 16.5 Å². The molecule has 3 heterocycles. The maximum Gasteiger partial charge on any atom is 0.266 e. The molecule has 0 aliphatic rings. The highest BCUT2D eigenvalue weighted by atomic mass is 35.5. The van der Waals surface area contributed by atoms with E-state index in [-0.39, 0.29) is 33.7 Å². The number of nitrogens with two attached hydrogens (primary N) is 1. The van der Waals surface area contributed by atoms with Crippen LogP contribution >= 0.6 is 11.6 Å². The van der Waals surface area contributed by atoms with E-state index in [0.29, 0.717) is 22.1 Å². The fourth-order valence-corrected chi connectivity index (χ4v) is 3.67. The Morgan fingerprint density at radius 2 is 1.71 bits per heavy atom. The number of fused-ring (bicyclic) bond motifs is 1. The Bertz CT molecular complexity index is 1620. The van der Waals surface area contributed by atoms with E-state index in [2.05, 4.69) is 15.3 Å². The third kappa shape index (κ3) is 4.36. The van der Waals surface area contributed by atoms with Crippen LogP contribution in [0.5, 0.6) is 11.5 Å². The zero-order valence-corrected chi connectivity index (χ0v) is 18.6. The maximum absolute atomic E-state index is 14.8. The smallest absolute Gasteiger partial charge is 0.266 e. The average molecular weight is 492 g/mol. The lowest BCUT2D eigenvalue weighted by Gasteiger charge is -2.13. The lowest BCUT2D eigenvalue weighted by molar-refractivity contribution is 0.442. The molecule has 3 N–H and O–H groups in total. The third-order valence-corrected chi connectivity index (χ3v) is 5.60. The first-order chi connectivity index (χ1) is 16.9. The van der Waals surface area contributed by atoms with Crippen LogP contribution in [0.2, 0.25) is 5.02 Å². The number of hydrogen-bond donors (Lipinski definition) is 2. The Labute approximate surface area is 202 Å². The molecule has 0 fully saturated rings. The van der Waals surface area contributed by atoms with Gasteiger partial charge in [0.1, 0.15) is 22.5 Å². The lowest BCUT2D eigenvalue weighted by Crippen LogP contribution is -2.19. The van der Waals surface area contributed by atoms with Gasteiger partial charge in [-0.3, -0.25) is 9.36 Å². The van der Waals surface area contributed by atoms with Crippen molar-refractivity contribution in [1.82, 2.24) is 14.5 Å². The van der Waals surface area contributed by atoms with E-state index < -0.39 is 11.6 Å². The Hall–Kier alpha value is -4.50. The number of pyridine rings is 3. The third-order valence-electron chi connectivity index (χ3n) is 5.22. The summed E-state index contributed by atoms with van der Waals surface area (Å²) in [6, 6.07) is 14.6. The van der Waals surface area contributed by atoms with E-state index in [1.165, 1.54) is 59.4 Å². The van der Waals surface area contributed by atoms with Crippen molar-refractivity contribution in [2.45, 2.75) is 0 Å². The van der Waals surface area contributed by atoms with Gasteiger partial charge in [-0.15, -0.1) is 0 Å². The van der Waals surface area contributed by atoms with Crippen molar-refractivity contribution in [1.29, 1.82) is 0 Å². The summed E-state index contributed by atoms with van der Waals surface area (Å²) >= 11 is 6.06. The highest BCUT2D eigenvalue weighted by molar-refractivity contribution is 6.34. The van der Waals surface area contributed by atoms with E-state index >= 15 is 0 Å². The van der Waals surface area contributed by atoms with Crippen molar-refractivity contribution in [2.75, 3.05) is 11.1 Å². The van der Waals surface area contributed by atoms with Gasteiger partial charge in [-0.05, 0) is 53.9 Å². The monoisotopic (exact) mass is 491 g/mol. The molecule has 0 aliphatic carbocycles. The molecule has 35 heavy (non-hydrogen) atoms. The quantitative estimate of drug-likeness (QED) is 0.321. The molecule has 5 rings (SSSR count). The van der Waals surface area contributed by atoms with Crippen molar-refractivity contribution >= 4 is 39.7 Å². The number of nitrogens with one attached hydrogen (secondary N) is 1. The lowest BCUT2D eigenvalue weighted by atomic mass is 10.2. The number of hydrogen-bond acceptors (Lipinski definition) is 6. The van der Waals surface area contributed by atoms with Crippen LogP contribution in [0.1, 0.15) is 0 Å². The van der Waals surface area contributed by atoms with E-state index in [1.807, 2.05) is 0 Å². The number of halogens is 3. The fourth-order valence-electron chi connectivity index (χ4n) is 3.52. The van der Waals surface area contributed by atoms with Gasteiger partial charge in [0.05, 0.1) is 5.39 Å². The Morgan fingerprint density at radius 1 is 0.943 bits per heavy atom. The number of nitrogens with zero attached hydrogens (tertiary/aromatic N) is 3. The Balaban J connectivity index is 1.49. The van der Waals surface area contributed by atoms with Crippen LogP contribution in [-0.4, -0.2) is 14.5 Å². The summed E-state index contributed by atoms with van der Waals surface area (Å²) in [6.07, 6.45) is 4.54. The number of ether oxygens (including phenoxy) is 1. The molecule has 0 amide bonds. The average Bonchev–Trinajstić information content (AvgIpc) is 2.84. The zero-order valence-electron chi connectivity index (χ0n) is 17.9. The van der Waals surface area contributed by atoms with Gasteiger partial charge >= 0.3 is 0 Å². The van der Waals surface area contributed by atoms with E-state index in [9.17, 15) is 13.6 Å². The number of benzene rings is 2. The molecule has 0 saturated heterocycles. The molecule has 0 atom stereocenters. The summed E-state index contributed by atoms with van der Waals surface area (Å²) in [5.74, 6) is -0.692. The molecule has 0 saturated carbocycles. The van der Waals surface area contributed by atoms with Crippen LogP contribution in [0, 0.1) is 11.6 Å². The topological polar surface area (TPSA) is 95.1 Å². The second kappa shape index (κ2) is 9.03. The first kappa shape index (κ1) is 22.3. The predicted octanol–water partition coefficient (Wildman–Crippen LogP) is 5.83. The molecule has 0 spiro atoms. The van der Waals surface area contributed by atoms with E-state index in [1.54, 1.807) is 24.4 Å². The summed E-state index contributed by atoms with van der Waals surface area (Å²) in [5, 5.41) is 3.99. The molecule has 0 radical (unpaired) electrons. The Kier molecular flexibility index (Phi) is 5.76. The van der Waals surface area contributed by atoms with Crippen molar-refractivity contribution in [3.8, 4) is 17.2 Å². The number of aromatic nitrogens is 3. The molecular weight excluding hydrogens is 476 g/mol. The molecule has 0 aliphatic heterocycles. The van der Waals surface area contributed by atoms with Crippen LogP contribution in [0.15, 0.2) is 84.0 Å². The molecule has 7 nitrogen and oxygen atoms in total. The predicted molar refractivity (Wildman–Crippen MR) is 131 cm³/mol. The minimum atomic E-state index is -0.676. The maximum atomic E-state index is 14.8. The summed E-state index contributed by atoms with van der Waals surface area (Å²) in [7, 11) is 0. The van der Waals surface area contributed by atoms with Gasteiger partial charge in [0.25, 0.3) is 5.56 Å². The fraction of sp³-hybridized carbons (Fsp3) is 0. The van der Waals surface area contributed by atoms with Gasteiger partial charge in [-0.2, -0.15) is 0 Å². The minimum absolute atomic E-state index is 0.0659. The van der Waals surface area contributed by atoms with Crippen LogP contribution < -0.4 is 21.3 Å². The van der Waals surface area contributed by atoms with Gasteiger partial charge in [-0.1, -0.05) is 11.6 Å². The van der Waals surface area contributed by atoms with Gasteiger partial charge in [-0.25, -0.2) is 18.7 Å². The molecule has 0 unspecified atom stereocenters. The summed E-state index contributed by atoms with van der Waals surface area (Å²) in [5.41, 5.74) is 6.13. The highest BCUT2D eigenvalue weighted by Gasteiger charge is 2.14. The van der Waals surface area contributed by atoms with Crippen LogP contribution in [0.4, 0.5) is 26.1 Å². The summed E-state index contributed by atoms with van der Waals surface area (Å²) in [6.45, 7) is 0. The number of rotatable bonds is 5. The second-order valence-electron chi connectivity index (χ2n) is 7.47. The Morgan fingerprint density at radius 3 is 2.49 bits per heavy atom. The normalized spacial score (nSPS) is 10.9. The highest BCUT2D eigenvalue weighted by Crippen LogP contribution is 2.34. The van der Waals surface area contributed by atoms with E-state index in [0.717, 1.165) is 0 Å². The summed E-state index contributed by atoms with van der Waals surface area (Å²) in [4.78, 5) is 21.4. The largest absolute Gasteiger partial charge is 0.453 e. The second-order valence-corrected chi connectivity index (χ2v) is 7.85. The van der Waals surface area contributed by atoms with Gasteiger partial charge < -0.3 is 15.8 Å². The van der Waals surface area contributed by atoms with Gasteiger partial charge in [0.15, 0.2) is 17.3 Å². The molecule has 174 valence electrons. The molecular formula is C25H16ClF2N5O2. The summed E-state index contributed by atoms with van der Waals surface area (Å²) < 4.78 is 35.1. The van der Waals surface area contributed by atoms with Gasteiger partial charge in [0.2, 0.25) is 0 Å². The minimum Gasteiger partial charge on any atom is -0.453 e. The van der Waals surface area contributed by atoms with Crippen molar-refractivity contribution < 1.29 is 13.5 Å². The van der Waals surface area contributed by atoms with Crippen molar-refractivity contribution in [3.63, 3.8) is 0 Å². The van der Waals surface area contributed by atoms with Crippen LogP contribution in [-0.2, 0) is 0 Å². The molecule has 10 heteroatoms. The molecule has 2 aromatic carbocycles. The number of nitrogen functional groups attached to an aromatic ring is 1. The first-order valence-corrected chi connectivity index (χ1v) is 10.7. The van der Waals surface area contributed by atoms with Gasteiger partial charge in [0, 0.05) is 42.1 Å². The van der Waals surface area contributed by atoms with E-state index in [4.69, 9.17) is 22.1 Å². The molecule has 5 aromatic rings. The zero-order chi connectivity index (χ0) is 24.5. The van der Waals surface area contributed by atoms with Crippen molar-refractivity contribution in [3.05, 3.63) is 106 Å². The van der Waals surface area contributed by atoms with Crippen molar-refractivity contribution in [2.24, 2.45) is 0 Å². The van der Waals surface area contributed by atoms with Crippen LogP contribution in [0.3, 0.4) is 0 Å². The SMILES string of the molecule is Nc1nccc(Oc2ccc(Nc3nccc4ccn(-c5ccc(F)cc5)c(=O)c34)cc2F)c1Cl. The molecule has 0 bridgehead atoms. The standard InChI is InChI=1S/C25H16ClF2N5O2/c26-22-20(8-11-30-23(22)29)35-19-6-3-16(13-18(19)28)32-24-21-14(7-10-31-24)9-12-33(25(21)34)17-4-1-15(27)2-5-17/h1-13H,(H2,29,30)(H,31,32).